The van der Waals surface area contributed by atoms with Crippen LogP contribution in [0, 0.1) is 5.92 Å². The minimum atomic E-state index is -1.72. The van der Waals surface area contributed by atoms with E-state index < -0.39 is 29.1 Å². The van der Waals surface area contributed by atoms with Crippen molar-refractivity contribution in [3.63, 3.8) is 0 Å². The van der Waals surface area contributed by atoms with Crippen molar-refractivity contribution in [2.45, 2.75) is 30.1 Å². The predicted octanol–water partition coefficient (Wildman–Crippen LogP) is 4.86. The van der Waals surface area contributed by atoms with Gasteiger partial charge in [-0.3, -0.25) is 4.79 Å². The molecule has 9 nitrogen and oxygen atoms in total. The number of carbonyl (C=O) groups is 1. The molecule has 1 heterocycles. The van der Waals surface area contributed by atoms with E-state index in [1.807, 2.05) is 37.3 Å². The van der Waals surface area contributed by atoms with Gasteiger partial charge >= 0.3 is 0 Å². The Balaban J connectivity index is 2.12. The Bertz CT molecular complexity index is 1350. The second-order valence-corrected chi connectivity index (χ2v) is 9.50. The van der Waals surface area contributed by atoms with Crippen LogP contribution in [0.1, 0.15) is 24.0 Å². The molecule has 1 saturated carbocycles. The van der Waals surface area contributed by atoms with Gasteiger partial charge in [0.2, 0.25) is 5.91 Å². The van der Waals surface area contributed by atoms with Crippen LogP contribution in [0.2, 0.25) is 0 Å². The topological polar surface area (TPSA) is 117 Å². The van der Waals surface area contributed by atoms with Gasteiger partial charge in [-0.2, -0.15) is 0 Å². The number of allylic oxidation sites excluding steroid dienone is 2. The summed E-state index contributed by atoms with van der Waals surface area (Å²) in [7, 11) is 6.35. The fraction of sp³-hybridized carbons (Fsp3) is 0.345. The third kappa shape index (κ3) is 3.74. The monoisotopic (exact) mass is 516 g/mol. The largest absolute Gasteiger partial charge is 0.497 e. The molecule has 1 amide bonds. The first-order valence-corrected chi connectivity index (χ1v) is 12.2. The summed E-state index contributed by atoms with van der Waals surface area (Å²) in [5, 5.41) is 16.4. The maximum absolute atomic E-state index is 13.7. The Morgan fingerprint density at radius 3 is 2.50 bits per heavy atom. The van der Waals surface area contributed by atoms with Gasteiger partial charge in [0.1, 0.15) is 22.8 Å². The first kappa shape index (κ1) is 26.9. The number of azide groups is 1. The summed E-state index contributed by atoms with van der Waals surface area (Å²) < 4.78 is 17.6. The van der Waals surface area contributed by atoms with E-state index in [1.54, 1.807) is 57.6 Å². The van der Waals surface area contributed by atoms with Crippen molar-refractivity contribution in [3.05, 3.63) is 106 Å². The number of methoxy groups -OCH3 is 2. The predicted molar refractivity (Wildman–Crippen MR) is 144 cm³/mol. The molecule has 0 saturated heterocycles. The van der Waals surface area contributed by atoms with Crippen molar-refractivity contribution < 1.29 is 24.1 Å². The summed E-state index contributed by atoms with van der Waals surface area (Å²) in [6.45, 7) is 6.20. The van der Waals surface area contributed by atoms with Gasteiger partial charge in [-0.15, -0.1) is 0 Å². The SMILES string of the molecule is C=C(/C=C\C(=C/C)OC)[C@@]12Oc3cc(OC)ccc3C1(N=[N+]=[N-])[C@H](O)[C@H](C(=O)N(C)C)[C@H]2c1ccccc1. The van der Waals surface area contributed by atoms with Crippen LogP contribution in [-0.2, 0) is 15.1 Å². The zero-order valence-electron chi connectivity index (χ0n) is 22.2. The molecule has 0 aromatic heterocycles. The number of rotatable bonds is 8. The molecule has 0 spiro atoms. The fourth-order valence-corrected chi connectivity index (χ4v) is 5.89. The van der Waals surface area contributed by atoms with Gasteiger partial charge < -0.3 is 24.2 Å². The van der Waals surface area contributed by atoms with Crippen LogP contribution in [0.25, 0.3) is 10.4 Å². The van der Waals surface area contributed by atoms with Crippen LogP contribution in [0.3, 0.4) is 0 Å². The van der Waals surface area contributed by atoms with Gasteiger partial charge in [-0.25, -0.2) is 0 Å². The molecule has 1 aliphatic heterocycles. The van der Waals surface area contributed by atoms with Gasteiger partial charge in [-0.05, 0) is 41.8 Å². The number of hydrogen-bond acceptors (Lipinski definition) is 6. The summed E-state index contributed by atoms with van der Waals surface area (Å²) in [4.78, 5) is 18.4. The molecule has 38 heavy (non-hydrogen) atoms. The highest BCUT2D eigenvalue weighted by Gasteiger charge is 2.77. The zero-order valence-corrected chi connectivity index (χ0v) is 22.2. The molecule has 1 fully saturated rings. The number of fused-ring (bicyclic) bond motifs is 3. The van der Waals surface area contributed by atoms with Crippen molar-refractivity contribution in [2.75, 3.05) is 28.3 Å². The number of aliphatic hydroxyl groups is 1. The van der Waals surface area contributed by atoms with Crippen LogP contribution < -0.4 is 9.47 Å². The van der Waals surface area contributed by atoms with Gasteiger partial charge in [0.15, 0.2) is 5.60 Å². The number of carbonyl (C=O) groups excluding carboxylic acids is 1. The first-order valence-electron chi connectivity index (χ1n) is 12.2. The van der Waals surface area contributed by atoms with Crippen molar-refractivity contribution in [2.24, 2.45) is 11.0 Å². The summed E-state index contributed by atoms with van der Waals surface area (Å²) in [6.07, 6.45) is 3.78. The van der Waals surface area contributed by atoms with Crippen LogP contribution in [0.15, 0.2) is 89.8 Å². The van der Waals surface area contributed by atoms with Gasteiger partial charge in [0, 0.05) is 36.6 Å². The second kappa shape index (κ2) is 10.3. The molecule has 0 bridgehead atoms. The van der Waals surface area contributed by atoms with Gasteiger partial charge in [-0.1, -0.05) is 54.2 Å². The highest BCUT2D eigenvalue weighted by atomic mass is 16.5. The Morgan fingerprint density at radius 2 is 1.92 bits per heavy atom. The number of amides is 1. The van der Waals surface area contributed by atoms with Crippen molar-refractivity contribution >= 4 is 5.91 Å². The van der Waals surface area contributed by atoms with Crippen molar-refractivity contribution in [3.8, 4) is 11.5 Å². The van der Waals surface area contributed by atoms with E-state index in [-0.39, 0.29) is 5.91 Å². The molecule has 2 aromatic carbocycles. The van der Waals surface area contributed by atoms with E-state index in [2.05, 4.69) is 16.6 Å². The minimum Gasteiger partial charge on any atom is -0.497 e. The summed E-state index contributed by atoms with van der Waals surface area (Å²) >= 11 is 0. The number of hydrogen-bond donors (Lipinski definition) is 1. The first-order chi connectivity index (χ1) is 18.2. The van der Waals surface area contributed by atoms with Crippen molar-refractivity contribution in [1.29, 1.82) is 0 Å². The molecule has 1 N–H and O–H groups in total. The zero-order chi connectivity index (χ0) is 27.7. The summed E-state index contributed by atoms with van der Waals surface area (Å²) in [5.74, 6) is -0.634. The molecule has 2 aromatic rings. The number of ether oxygens (including phenoxy) is 3. The van der Waals surface area contributed by atoms with E-state index in [0.717, 1.165) is 5.56 Å². The molecular weight excluding hydrogens is 484 g/mol. The third-order valence-corrected chi connectivity index (χ3v) is 7.53. The number of benzene rings is 2. The summed E-state index contributed by atoms with van der Waals surface area (Å²) in [5.41, 5.74) is 8.19. The average molecular weight is 517 g/mol. The molecule has 5 atom stereocenters. The fourth-order valence-electron chi connectivity index (χ4n) is 5.89. The van der Waals surface area contributed by atoms with Crippen LogP contribution >= 0.6 is 0 Å². The molecule has 1 unspecified atom stereocenters. The standard InChI is InChI=1S/C29H32N4O5/c1-7-20(36-5)14-13-18(2)29-25(19-11-9-8-10-12-19)24(27(35)33(3)4)26(34)28(29,31-32-30)22-16-15-21(37-6)17-23(22)38-29/h7-17,24-26,34H,2H2,1,3-6H3/b14-13-,20-7+/t24-,25-,26-,28?,29+/m1/s1. The lowest BCUT2D eigenvalue weighted by Gasteiger charge is -2.41. The maximum atomic E-state index is 13.7. The normalized spacial score (nSPS) is 27.6. The summed E-state index contributed by atoms with van der Waals surface area (Å²) in [6, 6.07) is 14.4. The minimum absolute atomic E-state index is 0.325. The van der Waals surface area contributed by atoms with Gasteiger partial charge in [0.05, 0.1) is 26.2 Å². The molecule has 1 aliphatic carbocycles. The average Bonchev–Trinajstić information content (AvgIpc) is 3.33. The highest BCUT2D eigenvalue weighted by molar-refractivity contribution is 5.83. The number of nitrogens with zero attached hydrogens (tertiary/aromatic N) is 4. The van der Waals surface area contributed by atoms with E-state index >= 15 is 0 Å². The lowest BCUT2D eigenvalue weighted by molar-refractivity contribution is -0.137. The maximum Gasteiger partial charge on any atom is 0.228 e. The quantitative estimate of drug-likeness (QED) is 0.177. The highest BCUT2D eigenvalue weighted by Crippen LogP contribution is 2.68. The molecule has 4 rings (SSSR count). The van der Waals surface area contributed by atoms with Crippen molar-refractivity contribution in [1.82, 2.24) is 4.90 Å². The lowest BCUT2D eigenvalue weighted by Crippen LogP contribution is -2.53. The molecule has 9 heteroatoms. The van der Waals surface area contributed by atoms with Crippen LogP contribution in [0.5, 0.6) is 11.5 Å². The van der Waals surface area contributed by atoms with E-state index in [1.165, 1.54) is 12.0 Å². The Morgan fingerprint density at radius 1 is 1.21 bits per heavy atom. The molecular formula is C29H32N4O5. The Hall–Kier alpha value is -4.20. The van der Waals surface area contributed by atoms with E-state index in [9.17, 15) is 15.4 Å². The molecule has 198 valence electrons. The van der Waals surface area contributed by atoms with E-state index in [4.69, 9.17) is 14.2 Å². The smallest absolute Gasteiger partial charge is 0.228 e. The third-order valence-electron chi connectivity index (χ3n) is 7.53. The van der Waals surface area contributed by atoms with E-state index in [0.29, 0.717) is 28.4 Å². The number of aliphatic hydroxyl groups excluding tert-OH is 1. The van der Waals surface area contributed by atoms with Gasteiger partial charge in [0.25, 0.3) is 0 Å². The molecule has 0 radical (unpaired) electrons. The Labute approximate surface area is 222 Å². The Kier molecular flexibility index (Phi) is 7.26. The second-order valence-electron chi connectivity index (χ2n) is 9.50. The molecule has 2 aliphatic rings. The lowest BCUT2D eigenvalue weighted by atomic mass is 9.69. The van der Waals surface area contributed by atoms with Crippen LogP contribution in [0.4, 0.5) is 0 Å². The van der Waals surface area contributed by atoms with Crippen LogP contribution in [-0.4, -0.2) is 55.9 Å².